The zero-order valence-corrected chi connectivity index (χ0v) is 16.8. The van der Waals surface area contributed by atoms with Crippen molar-refractivity contribution in [2.45, 2.75) is 20.0 Å². The molecule has 0 radical (unpaired) electrons. The number of aromatic amines is 1. The minimum absolute atomic E-state index is 0.136. The summed E-state index contributed by atoms with van der Waals surface area (Å²) in [5, 5.41) is 3.72. The molecule has 1 atom stereocenters. The van der Waals surface area contributed by atoms with Gasteiger partial charge in [-0.3, -0.25) is 9.59 Å². The molecule has 5 nitrogen and oxygen atoms in total. The van der Waals surface area contributed by atoms with E-state index in [1.54, 1.807) is 31.2 Å². The smallest absolute Gasteiger partial charge is 0.259 e. The summed E-state index contributed by atoms with van der Waals surface area (Å²) in [6.45, 7) is 3.58. The molecule has 0 saturated carbocycles. The standard InChI is InChI=1S/C25H22N2O3/c1-16-23(19-12-6-8-14-21(19)26-16)24(28)17(2)30-22-15-9-7-13-20(22)25(29)27-18-10-4-3-5-11-18/h3-15,17,26H,1-2H3,(H,27,29)/t17-/m1/s1. The summed E-state index contributed by atoms with van der Waals surface area (Å²) in [4.78, 5) is 29.2. The summed E-state index contributed by atoms with van der Waals surface area (Å²) in [7, 11) is 0. The van der Waals surface area contributed by atoms with E-state index in [0.717, 1.165) is 16.6 Å². The monoisotopic (exact) mass is 398 g/mol. The lowest BCUT2D eigenvalue weighted by atomic mass is 10.0. The molecule has 1 amide bonds. The summed E-state index contributed by atoms with van der Waals surface area (Å²) in [5.41, 5.74) is 3.39. The highest BCUT2D eigenvalue weighted by molar-refractivity contribution is 6.11. The highest BCUT2D eigenvalue weighted by Gasteiger charge is 2.24. The third kappa shape index (κ3) is 3.82. The van der Waals surface area contributed by atoms with Gasteiger partial charge in [-0.1, -0.05) is 48.5 Å². The first-order valence-electron chi connectivity index (χ1n) is 9.78. The van der Waals surface area contributed by atoms with Gasteiger partial charge in [-0.2, -0.15) is 0 Å². The van der Waals surface area contributed by atoms with E-state index in [2.05, 4.69) is 10.3 Å². The summed E-state index contributed by atoms with van der Waals surface area (Å²) in [6.07, 6.45) is -0.756. The first-order chi connectivity index (χ1) is 14.5. The van der Waals surface area contributed by atoms with Crippen molar-refractivity contribution in [1.82, 2.24) is 4.98 Å². The van der Waals surface area contributed by atoms with Gasteiger partial charge in [0.15, 0.2) is 6.10 Å². The highest BCUT2D eigenvalue weighted by atomic mass is 16.5. The van der Waals surface area contributed by atoms with Crippen LogP contribution in [0.15, 0.2) is 78.9 Å². The third-order valence-electron chi connectivity index (χ3n) is 4.98. The Balaban J connectivity index is 1.58. The normalized spacial score (nSPS) is 11.8. The lowest BCUT2D eigenvalue weighted by molar-refractivity contribution is 0.0813. The van der Waals surface area contributed by atoms with Gasteiger partial charge in [0.25, 0.3) is 5.91 Å². The lowest BCUT2D eigenvalue weighted by Crippen LogP contribution is -2.25. The van der Waals surface area contributed by atoms with Crippen LogP contribution in [0.3, 0.4) is 0 Å². The number of para-hydroxylation sites is 3. The average molecular weight is 398 g/mol. The number of hydrogen-bond acceptors (Lipinski definition) is 3. The van der Waals surface area contributed by atoms with Gasteiger partial charge in [-0.15, -0.1) is 0 Å². The molecule has 0 aliphatic carbocycles. The molecule has 30 heavy (non-hydrogen) atoms. The summed E-state index contributed by atoms with van der Waals surface area (Å²) in [5.74, 6) is -0.0628. The van der Waals surface area contributed by atoms with Gasteiger partial charge in [0.2, 0.25) is 5.78 Å². The number of ketones is 1. The molecule has 0 aliphatic rings. The van der Waals surface area contributed by atoms with E-state index in [4.69, 9.17) is 4.74 Å². The van der Waals surface area contributed by atoms with Gasteiger partial charge >= 0.3 is 0 Å². The molecule has 1 heterocycles. The Hall–Kier alpha value is -3.86. The van der Waals surface area contributed by atoms with Gasteiger partial charge in [0.05, 0.1) is 5.56 Å². The molecular weight excluding hydrogens is 376 g/mol. The molecule has 0 spiro atoms. The number of carbonyl (C=O) groups excluding carboxylic acids is 2. The Kier molecular flexibility index (Phi) is 5.35. The second-order valence-electron chi connectivity index (χ2n) is 7.11. The van der Waals surface area contributed by atoms with Crippen molar-refractivity contribution in [2.24, 2.45) is 0 Å². The maximum Gasteiger partial charge on any atom is 0.259 e. The molecule has 5 heteroatoms. The van der Waals surface area contributed by atoms with Gasteiger partial charge in [-0.05, 0) is 44.2 Å². The maximum absolute atomic E-state index is 13.2. The molecule has 0 saturated heterocycles. The van der Waals surface area contributed by atoms with Crippen molar-refractivity contribution < 1.29 is 14.3 Å². The number of nitrogens with one attached hydrogen (secondary N) is 2. The molecule has 4 aromatic rings. The van der Waals surface area contributed by atoms with Crippen LogP contribution < -0.4 is 10.1 Å². The maximum atomic E-state index is 13.2. The van der Waals surface area contributed by atoms with Gasteiger partial charge in [-0.25, -0.2) is 0 Å². The fourth-order valence-electron chi connectivity index (χ4n) is 3.52. The van der Waals surface area contributed by atoms with Crippen LogP contribution in [0.4, 0.5) is 5.69 Å². The predicted octanol–water partition coefficient (Wildman–Crippen LogP) is 5.38. The number of anilines is 1. The van der Waals surface area contributed by atoms with Crippen LogP contribution in [-0.4, -0.2) is 22.8 Å². The van der Waals surface area contributed by atoms with Crippen LogP contribution in [0.25, 0.3) is 10.9 Å². The van der Waals surface area contributed by atoms with Crippen molar-refractivity contribution in [1.29, 1.82) is 0 Å². The zero-order chi connectivity index (χ0) is 21.1. The lowest BCUT2D eigenvalue weighted by Gasteiger charge is -2.17. The van der Waals surface area contributed by atoms with Gasteiger partial charge in [0, 0.05) is 27.8 Å². The second kappa shape index (κ2) is 8.25. The van der Waals surface area contributed by atoms with E-state index in [9.17, 15) is 9.59 Å². The fourth-order valence-corrected chi connectivity index (χ4v) is 3.52. The second-order valence-corrected chi connectivity index (χ2v) is 7.11. The van der Waals surface area contributed by atoms with E-state index in [0.29, 0.717) is 22.6 Å². The fraction of sp³-hybridized carbons (Fsp3) is 0.120. The topological polar surface area (TPSA) is 71.2 Å². The number of amides is 1. The van der Waals surface area contributed by atoms with Crippen LogP contribution in [0.2, 0.25) is 0 Å². The number of aromatic nitrogens is 1. The molecular formula is C25H22N2O3. The summed E-state index contributed by atoms with van der Waals surface area (Å²) < 4.78 is 5.97. The van der Waals surface area contributed by atoms with E-state index in [1.165, 1.54) is 0 Å². The minimum atomic E-state index is -0.756. The highest BCUT2D eigenvalue weighted by Crippen LogP contribution is 2.26. The number of fused-ring (bicyclic) bond motifs is 1. The van der Waals surface area contributed by atoms with Crippen LogP contribution in [0.5, 0.6) is 5.75 Å². The first-order valence-corrected chi connectivity index (χ1v) is 9.78. The van der Waals surface area contributed by atoms with Crippen molar-refractivity contribution in [3.05, 3.63) is 95.7 Å². The Labute approximate surface area is 174 Å². The molecule has 0 unspecified atom stereocenters. The molecule has 1 aromatic heterocycles. The first kappa shape index (κ1) is 19.5. The third-order valence-corrected chi connectivity index (χ3v) is 4.98. The SMILES string of the molecule is Cc1[nH]c2ccccc2c1C(=O)[C@@H](C)Oc1ccccc1C(=O)Nc1ccccc1. The van der Waals surface area contributed by atoms with Crippen molar-refractivity contribution in [3.8, 4) is 5.75 Å². The molecule has 0 bridgehead atoms. The van der Waals surface area contributed by atoms with E-state index >= 15 is 0 Å². The Morgan fingerprint density at radius 1 is 0.900 bits per heavy atom. The number of hydrogen-bond donors (Lipinski definition) is 2. The minimum Gasteiger partial charge on any atom is -0.482 e. The van der Waals surface area contributed by atoms with Gasteiger partial charge in [0.1, 0.15) is 5.75 Å². The quantitative estimate of drug-likeness (QED) is 0.429. The summed E-state index contributed by atoms with van der Waals surface area (Å²) in [6, 6.07) is 23.8. The van der Waals surface area contributed by atoms with Gasteiger partial charge < -0.3 is 15.0 Å². The number of H-pyrrole nitrogens is 1. The van der Waals surface area contributed by atoms with Crippen LogP contribution in [0.1, 0.15) is 33.3 Å². The van der Waals surface area contributed by atoms with Crippen LogP contribution >= 0.6 is 0 Å². The average Bonchev–Trinajstić information content (AvgIpc) is 3.09. The van der Waals surface area contributed by atoms with E-state index < -0.39 is 6.10 Å². The number of Topliss-reactive ketones (excluding diaryl/α,β-unsaturated/α-hetero) is 1. The van der Waals surface area contributed by atoms with Crippen molar-refractivity contribution >= 4 is 28.3 Å². The van der Waals surface area contributed by atoms with Crippen LogP contribution in [0, 0.1) is 6.92 Å². The number of aryl methyl sites for hydroxylation is 1. The number of benzene rings is 3. The Morgan fingerprint density at radius 3 is 2.37 bits per heavy atom. The number of carbonyl (C=O) groups is 2. The zero-order valence-electron chi connectivity index (χ0n) is 16.8. The molecule has 2 N–H and O–H groups in total. The molecule has 0 aliphatic heterocycles. The van der Waals surface area contributed by atoms with E-state index in [1.807, 2.05) is 61.5 Å². The number of rotatable bonds is 6. The Morgan fingerprint density at radius 2 is 1.57 bits per heavy atom. The number of ether oxygens (including phenoxy) is 1. The molecule has 3 aromatic carbocycles. The van der Waals surface area contributed by atoms with E-state index in [-0.39, 0.29) is 11.7 Å². The summed E-state index contributed by atoms with van der Waals surface area (Å²) >= 11 is 0. The molecule has 150 valence electrons. The molecule has 0 fully saturated rings. The Bertz CT molecular complexity index is 1210. The molecule has 4 rings (SSSR count). The van der Waals surface area contributed by atoms with Crippen molar-refractivity contribution in [3.63, 3.8) is 0 Å². The largest absolute Gasteiger partial charge is 0.482 e. The van der Waals surface area contributed by atoms with Crippen LogP contribution in [-0.2, 0) is 0 Å². The van der Waals surface area contributed by atoms with Crippen molar-refractivity contribution in [2.75, 3.05) is 5.32 Å². The predicted molar refractivity (Wildman–Crippen MR) is 118 cm³/mol.